The number of rotatable bonds is 1. The first-order valence-electron chi connectivity index (χ1n) is 3.40. The lowest BCUT2D eigenvalue weighted by molar-refractivity contribution is 0.359. The Morgan fingerprint density at radius 2 is 2.33 bits per heavy atom. The van der Waals surface area contributed by atoms with Crippen molar-refractivity contribution in [3.63, 3.8) is 0 Å². The molecule has 0 unspecified atom stereocenters. The molecule has 0 radical (unpaired) electrons. The van der Waals surface area contributed by atoms with Gasteiger partial charge < -0.3 is 4.74 Å². The van der Waals surface area contributed by atoms with E-state index >= 15 is 0 Å². The van der Waals surface area contributed by atoms with Crippen LogP contribution in [0.3, 0.4) is 0 Å². The summed E-state index contributed by atoms with van der Waals surface area (Å²) in [6.45, 7) is 0. The van der Waals surface area contributed by atoms with Gasteiger partial charge in [0.1, 0.15) is 12.1 Å². The van der Waals surface area contributed by atoms with E-state index in [1.165, 1.54) is 0 Å². The second-order valence-electron chi connectivity index (χ2n) is 2.74. The van der Waals surface area contributed by atoms with Crippen molar-refractivity contribution in [1.82, 2.24) is 0 Å². The minimum absolute atomic E-state index is 0.0243. The van der Waals surface area contributed by atoms with Crippen molar-refractivity contribution in [2.24, 2.45) is 5.18 Å². The highest BCUT2D eigenvalue weighted by atomic mass is 16.6. The van der Waals surface area contributed by atoms with Crippen LogP contribution in [0.25, 0.3) is 0 Å². The van der Waals surface area contributed by atoms with Crippen molar-refractivity contribution in [1.29, 1.82) is 0 Å². The lowest BCUT2D eigenvalue weighted by Gasteiger charge is -2.08. The second-order valence-corrected chi connectivity index (χ2v) is 2.74. The summed E-state index contributed by atoms with van der Waals surface area (Å²) < 4.78 is 5.19. The fourth-order valence-electron chi connectivity index (χ4n) is 1.53. The average molecular weight is 127 g/mol. The number of nitrogens with zero attached hydrogens (tertiary/aromatic N) is 1. The maximum atomic E-state index is 10.1. The van der Waals surface area contributed by atoms with Gasteiger partial charge in [-0.1, -0.05) is 5.18 Å². The van der Waals surface area contributed by atoms with Gasteiger partial charge in [0.25, 0.3) is 0 Å². The van der Waals surface area contributed by atoms with Gasteiger partial charge in [0, 0.05) is 0 Å². The summed E-state index contributed by atoms with van der Waals surface area (Å²) in [5.41, 5.74) is 0. The maximum absolute atomic E-state index is 10.1. The zero-order chi connectivity index (χ0) is 6.27. The van der Waals surface area contributed by atoms with Crippen LogP contribution < -0.4 is 0 Å². The summed E-state index contributed by atoms with van der Waals surface area (Å²) in [4.78, 5) is 10.1. The molecule has 3 atom stereocenters. The quantitative estimate of drug-likeness (QED) is 0.390. The molecule has 1 aliphatic heterocycles. The Kier molecular flexibility index (Phi) is 1.05. The van der Waals surface area contributed by atoms with E-state index in [4.69, 9.17) is 4.74 Å². The lowest BCUT2D eigenvalue weighted by atomic mass is 9.96. The summed E-state index contributed by atoms with van der Waals surface area (Å²) in [5.74, 6) is 0. The Bertz CT molecular complexity index is 137. The summed E-state index contributed by atoms with van der Waals surface area (Å²) in [6.07, 6.45) is 3.77. The van der Waals surface area contributed by atoms with E-state index in [1.807, 2.05) is 0 Å². The fraction of sp³-hybridized carbons (Fsp3) is 1.00. The predicted molar refractivity (Wildman–Crippen MR) is 32.1 cm³/mol. The van der Waals surface area contributed by atoms with E-state index in [0.29, 0.717) is 6.10 Å². The second kappa shape index (κ2) is 1.77. The molecule has 1 saturated carbocycles. The zero-order valence-electron chi connectivity index (χ0n) is 5.12. The van der Waals surface area contributed by atoms with Crippen LogP contribution >= 0.6 is 0 Å². The van der Waals surface area contributed by atoms with Gasteiger partial charge in [-0.25, -0.2) is 0 Å². The van der Waals surface area contributed by atoms with Gasteiger partial charge >= 0.3 is 0 Å². The van der Waals surface area contributed by atoms with Crippen LogP contribution in [0.5, 0.6) is 0 Å². The molecule has 2 aliphatic rings. The molecule has 50 valence electrons. The van der Waals surface area contributed by atoms with Crippen LogP contribution in [0.2, 0.25) is 0 Å². The largest absolute Gasteiger partial charge is 0.367 e. The summed E-state index contributed by atoms with van der Waals surface area (Å²) in [6, 6.07) is -0.0243. The monoisotopic (exact) mass is 127 g/mol. The van der Waals surface area contributed by atoms with Crippen LogP contribution in [0, 0.1) is 4.91 Å². The van der Waals surface area contributed by atoms with Crippen molar-refractivity contribution in [2.45, 2.75) is 37.5 Å². The number of fused-ring (bicyclic) bond motifs is 1. The van der Waals surface area contributed by atoms with Crippen molar-refractivity contribution in [3.8, 4) is 0 Å². The van der Waals surface area contributed by atoms with E-state index < -0.39 is 0 Å². The molecule has 2 fully saturated rings. The maximum Gasteiger partial charge on any atom is 0.121 e. The summed E-state index contributed by atoms with van der Waals surface area (Å²) in [5, 5.41) is 3.00. The van der Waals surface area contributed by atoms with Crippen LogP contribution in [0.1, 0.15) is 19.3 Å². The minimum Gasteiger partial charge on any atom is -0.367 e. The molecule has 0 aromatic carbocycles. The fourth-order valence-corrected chi connectivity index (χ4v) is 1.53. The van der Waals surface area contributed by atoms with Crippen molar-refractivity contribution in [3.05, 3.63) is 4.91 Å². The Balaban J connectivity index is 2.00. The molecule has 1 aliphatic carbocycles. The van der Waals surface area contributed by atoms with Gasteiger partial charge in [0.15, 0.2) is 0 Å². The Hall–Kier alpha value is -0.440. The van der Waals surface area contributed by atoms with Crippen LogP contribution in [-0.2, 0) is 4.74 Å². The SMILES string of the molecule is O=N[C@H]1CCC[C@H]2O[C@@H]12. The molecular weight excluding hydrogens is 118 g/mol. The Morgan fingerprint density at radius 3 is 3.00 bits per heavy atom. The first kappa shape index (κ1) is 5.35. The first-order chi connectivity index (χ1) is 4.42. The highest BCUT2D eigenvalue weighted by molar-refractivity contribution is 4.98. The van der Waals surface area contributed by atoms with E-state index in [9.17, 15) is 4.91 Å². The summed E-state index contributed by atoms with van der Waals surface area (Å²) >= 11 is 0. The number of hydrogen-bond acceptors (Lipinski definition) is 3. The average Bonchev–Trinajstić information content (AvgIpc) is 2.64. The molecule has 0 aromatic rings. The Morgan fingerprint density at radius 1 is 1.44 bits per heavy atom. The zero-order valence-corrected chi connectivity index (χ0v) is 5.12. The molecule has 3 heteroatoms. The third-order valence-electron chi connectivity index (χ3n) is 2.12. The van der Waals surface area contributed by atoms with Gasteiger partial charge in [0.05, 0.1) is 6.10 Å². The smallest absolute Gasteiger partial charge is 0.121 e. The third-order valence-corrected chi connectivity index (χ3v) is 2.12. The third kappa shape index (κ3) is 0.758. The molecular formula is C6H9NO2. The standard InChI is InChI=1S/C6H9NO2/c8-7-4-2-1-3-5-6(4)9-5/h4-6H,1-3H2/t4-,5+,6-/m0/s1. The highest BCUT2D eigenvalue weighted by Crippen LogP contribution is 2.37. The molecule has 0 amide bonds. The highest BCUT2D eigenvalue weighted by Gasteiger charge is 2.48. The van der Waals surface area contributed by atoms with Gasteiger partial charge in [-0.2, -0.15) is 4.91 Å². The van der Waals surface area contributed by atoms with E-state index in [-0.39, 0.29) is 12.1 Å². The number of nitroso groups, excluding NO2 is 1. The van der Waals surface area contributed by atoms with Crippen LogP contribution in [0.15, 0.2) is 5.18 Å². The molecule has 1 heterocycles. The topological polar surface area (TPSA) is 42.0 Å². The molecule has 0 aromatic heterocycles. The normalized spacial score (nSPS) is 47.8. The molecule has 0 spiro atoms. The van der Waals surface area contributed by atoms with Crippen molar-refractivity contribution < 1.29 is 4.74 Å². The van der Waals surface area contributed by atoms with Gasteiger partial charge in [-0.05, 0) is 19.3 Å². The van der Waals surface area contributed by atoms with Gasteiger partial charge in [0.2, 0.25) is 0 Å². The number of ether oxygens (including phenoxy) is 1. The Labute approximate surface area is 53.4 Å². The van der Waals surface area contributed by atoms with Gasteiger partial charge in [-0.3, -0.25) is 0 Å². The van der Waals surface area contributed by atoms with Gasteiger partial charge in [-0.15, -0.1) is 0 Å². The predicted octanol–water partition coefficient (Wildman–Crippen LogP) is 1.07. The molecule has 3 nitrogen and oxygen atoms in total. The van der Waals surface area contributed by atoms with Crippen molar-refractivity contribution >= 4 is 0 Å². The molecule has 9 heavy (non-hydrogen) atoms. The molecule has 0 bridgehead atoms. The molecule has 1 saturated heterocycles. The van der Waals surface area contributed by atoms with Crippen LogP contribution in [-0.4, -0.2) is 18.2 Å². The van der Waals surface area contributed by atoms with E-state index in [1.54, 1.807) is 0 Å². The molecule has 2 rings (SSSR count). The van der Waals surface area contributed by atoms with E-state index in [0.717, 1.165) is 19.3 Å². The molecule has 0 N–H and O–H groups in total. The number of hydrogen-bond donors (Lipinski definition) is 0. The lowest BCUT2D eigenvalue weighted by Crippen LogP contribution is -2.18. The van der Waals surface area contributed by atoms with Crippen molar-refractivity contribution in [2.75, 3.05) is 0 Å². The van der Waals surface area contributed by atoms with E-state index in [2.05, 4.69) is 5.18 Å². The minimum atomic E-state index is -0.0243. The first-order valence-corrected chi connectivity index (χ1v) is 3.40. The van der Waals surface area contributed by atoms with Crippen LogP contribution in [0.4, 0.5) is 0 Å². The summed E-state index contributed by atoms with van der Waals surface area (Å²) in [7, 11) is 0. The number of epoxide rings is 1.